The number of ether oxygens (including phenoxy) is 1. The minimum absolute atomic E-state index is 0.499. The standard InChI is InChI=1S/C16H32BrNO/c1-15(2)12-18(10-11-19-3)14-16(13-17)8-6-4-5-7-9-16/h15H,4-14H2,1-3H3. The lowest BCUT2D eigenvalue weighted by atomic mass is 9.81. The molecule has 0 N–H and O–H groups in total. The average Bonchev–Trinajstić information content (AvgIpc) is 2.61. The fourth-order valence-electron chi connectivity index (χ4n) is 3.26. The van der Waals surface area contributed by atoms with Crippen LogP contribution in [0.15, 0.2) is 0 Å². The summed E-state index contributed by atoms with van der Waals surface area (Å²) in [5.41, 5.74) is 0.499. The van der Waals surface area contributed by atoms with Crippen LogP contribution in [0, 0.1) is 11.3 Å². The first-order valence-corrected chi connectivity index (χ1v) is 9.01. The van der Waals surface area contributed by atoms with Gasteiger partial charge in [-0.3, -0.25) is 0 Å². The third-order valence-electron chi connectivity index (χ3n) is 4.24. The molecule has 1 aliphatic rings. The van der Waals surface area contributed by atoms with Crippen molar-refractivity contribution in [2.24, 2.45) is 11.3 Å². The molecule has 0 amide bonds. The maximum absolute atomic E-state index is 5.28. The lowest BCUT2D eigenvalue weighted by Crippen LogP contribution is -2.42. The van der Waals surface area contributed by atoms with Gasteiger partial charge in [-0.25, -0.2) is 0 Å². The molecule has 0 radical (unpaired) electrons. The Kier molecular flexibility index (Phi) is 8.59. The molecule has 0 saturated heterocycles. The Hall–Kier alpha value is 0.400. The van der Waals surface area contributed by atoms with Gasteiger partial charge in [0.2, 0.25) is 0 Å². The van der Waals surface area contributed by atoms with E-state index in [1.54, 1.807) is 7.11 Å². The van der Waals surface area contributed by atoms with Gasteiger partial charge in [-0.2, -0.15) is 0 Å². The van der Waals surface area contributed by atoms with Crippen molar-refractivity contribution >= 4 is 15.9 Å². The van der Waals surface area contributed by atoms with E-state index in [2.05, 4.69) is 34.7 Å². The van der Waals surface area contributed by atoms with Crippen LogP contribution in [0.5, 0.6) is 0 Å². The topological polar surface area (TPSA) is 12.5 Å². The van der Waals surface area contributed by atoms with E-state index in [4.69, 9.17) is 4.74 Å². The quantitative estimate of drug-likeness (QED) is 0.484. The van der Waals surface area contributed by atoms with Gasteiger partial charge in [0.25, 0.3) is 0 Å². The SMILES string of the molecule is COCCN(CC(C)C)CC1(CBr)CCCCCC1. The maximum Gasteiger partial charge on any atom is 0.0589 e. The molecule has 1 saturated carbocycles. The normalized spacial score (nSPS) is 19.9. The highest BCUT2D eigenvalue weighted by Crippen LogP contribution is 2.37. The number of alkyl halides is 1. The van der Waals surface area contributed by atoms with Crippen LogP contribution in [0.25, 0.3) is 0 Å². The van der Waals surface area contributed by atoms with Crippen molar-refractivity contribution < 1.29 is 4.74 Å². The van der Waals surface area contributed by atoms with Crippen LogP contribution in [0.2, 0.25) is 0 Å². The number of nitrogens with zero attached hydrogens (tertiary/aromatic N) is 1. The van der Waals surface area contributed by atoms with Crippen LogP contribution >= 0.6 is 15.9 Å². The highest BCUT2D eigenvalue weighted by molar-refractivity contribution is 9.09. The summed E-state index contributed by atoms with van der Waals surface area (Å²) < 4.78 is 5.28. The molecule has 1 aliphatic carbocycles. The first kappa shape index (κ1) is 17.5. The molecule has 2 nitrogen and oxygen atoms in total. The Balaban J connectivity index is 2.60. The zero-order valence-electron chi connectivity index (χ0n) is 13.1. The van der Waals surface area contributed by atoms with Crippen molar-refractivity contribution in [1.29, 1.82) is 0 Å². The van der Waals surface area contributed by atoms with Crippen LogP contribution in [0.1, 0.15) is 52.4 Å². The van der Waals surface area contributed by atoms with Gasteiger partial charge in [0.1, 0.15) is 0 Å². The molecular weight excluding hydrogens is 302 g/mol. The summed E-state index contributed by atoms with van der Waals surface area (Å²) in [7, 11) is 1.81. The Morgan fingerprint density at radius 1 is 1.16 bits per heavy atom. The van der Waals surface area contributed by atoms with Crippen LogP contribution in [0.3, 0.4) is 0 Å². The molecule has 0 atom stereocenters. The van der Waals surface area contributed by atoms with Crippen LogP contribution in [-0.2, 0) is 4.74 Å². The van der Waals surface area contributed by atoms with Crippen molar-refractivity contribution in [3.8, 4) is 0 Å². The largest absolute Gasteiger partial charge is 0.383 e. The predicted molar refractivity (Wildman–Crippen MR) is 87.1 cm³/mol. The minimum atomic E-state index is 0.499. The van der Waals surface area contributed by atoms with E-state index in [-0.39, 0.29) is 0 Å². The second kappa shape index (κ2) is 9.36. The lowest BCUT2D eigenvalue weighted by Gasteiger charge is -2.37. The second-order valence-corrected chi connectivity index (χ2v) is 7.23. The van der Waals surface area contributed by atoms with Gasteiger partial charge in [0.05, 0.1) is 6.61 Å². The molecule has 0 unspecified atom stereocenters. The average molecular weight is 334 g/mol. The van der Waals surface area contributed by atoms with E-state index < -0.39 is 0 Å². The van der Waals surface area contributed by atoms with E-state index in [0.717, 1.165) is 24.4 Å². The predicted octanol–water partition coefficient (Wildman–Crippen LogP) is 4.33. The summed E-state index contributed by atoms with van der Waals surface area (Å²) in [5.74, 6) is 0.731. The van der Waals surface area contributed by atoms with Crippen molar-refractivity contribution in [2.45, 2.75) is 52.4 Å². The molecule has 0 aromatic heterocycles. The molecule has 0 aliphatic heterocycles. The molecule has 114 valence electrons. The van der Waals surface area contributed by atoms with Gasteiger partial charge in [-0.15, -0.1) is 0 Å². The summed E-state index contributed by atoms with van der Waals surface area (Å²) in [4.78, 5) is 2.63. The fourth-order valence-corrected chi connectivity index (χ4v) is 4.00. The van der Waals surface area contributed by atoms with E-state index in [1.165, 1.54) is 51.6 Å². The smallest absolute Gasteiger partial charge is 0.0589 e. The number of hydrogen-bond acceptors (Lipinski definition) is 2. The Morgan fingerprint density at radius 2 is 1.79 bits per heavy atom. The lowest BCUT2D eigenvalue weighted by molar-refractivity contribution is 0.0982. The Bertz CT molecular complexity index is 225. The van der Waals surface area contributed by atoms with Crippen molar-refractivity contribution in [2.75, 3.05) is 38.7 Å². The summed E-state index contributed by atoms with van der Waals surface area (Å²) in [6.45, 7) is 8.98. The van der Waals surface area contributed by atoms with Crippen molar-refractivity contribution in [1.82, 2.24) is 4.90 Å². The minimum Gasteiger partial charge on any atom is -0.383 e. The maximum atomic E-state index is 5.28. The second-order valence-electron chi connectivity index (χ2n) is 6.67. The van der Waals surface area contributed by atoms with Gasteiger partial charge in [0, 0.05) is 32.1 Å². The van der Waals surface area contributed by atoms with E-state index in [9.17, 15) is 0 Å². The molecule has 3 heteroatoms. The molecule has 0 heterocycles. The van der Waals surface area contributed by atoms with Crippen LogP contribution in [0.4, 0.5) is 0 Å². The number of rotatable bonds is 8. The van der Waals surface area contributed by atoms with Crippen LogP contribution < -0.4 is 0 Å². The van der Waals surface area contributed by atoms with Gasteiger partial charge < -0.3 is 9.64 Å². The van der Waals surface area contributed by atoms with Crippen molar-refractivity contribution in [3.63, 3.8) is 0 Å². The number of halogens is 1. The zero-order chi connectivity index (χ0) is 14.1. The Labute approximate surface area is 128 Å². The molecule has 0 spiro atoms. The number of hydrogen-bond donors (Lipinski definition) is 0. The molecule has 0 bridgehead atoms. The van der Waals surface area contributed by atoms with E-state index in [1.807, 2.05) is 0 Å². The molecule has 1 rings (SSSR count). The highest BCUT2D eigenvalue weighted by atomic mass is 79.9. The third-order valence-corrected chi connectivity index (χ3v) is 5.43. The first-order chi connectivity index (χ1) is 9.12. The van der Waals surface area contributed by atoms with Gasteiger partial charge in [0.15, 0.2) is 0 Å². The summed E-state index contributed by atoms with van der Waals surface area (Å²) in [6, 6.07) is 0. The molecular formula is C16H32BrNO. The number of methoxy groups -OCH3 is 1. The Morgan fingerprint density at radius 3 is 2.26 bits per heavy atom. The summed E-state index contributed by atoms with van der Waals surface area (Å²) in [5, 5.41) is 1.15. The molecule has 0 aromatic rings. The molecule has 0 aromatic carbocycles. The van der Waals surface area contributed by atoms with Crippen LogP contribution in [-0.4, -0.2) is 43.6 Å². The zero-order valence-corrected chi connectivity index (χ0v) is 14.7. The first-order valence-electron chi connectivity index (χ1n) is 7.89. The van der Waals surface area contributed by atoms with E-state index in [0.29, 0.717) is 5.41 Å². The van der Waals surface area contributed by atoms with E-state index >= 15 is 0 Å². The third kappa shape index (κ3) is 6.59. The highest BCUT2D eigenvalue weighted by Gasteiger charge is 2.31. The van der Waals surface area contributed by atoms with Gasteiger partial charge in [-0.05, 0) is 24.2 Å². The fraction of sp³-hybridized carbons (Fsp3) is 1.00. The molecule has 19 heavy (non-hydrogen) atoms. The molecule has 1 fully saturated rings. The summed E-state index contributed by atoms with van der Waals surface area (Å²) >= 11 is 3.81. The summed E-state index contributed by atoms with van der Waals surface area (Å²) in [6.07, 6.45) is 8.45. The van der Waals surface area contributed by atoms with Gasteiger partial charge >= 0.3 is 0 Å². The monoisotopic (exact) mass is 333 g/mol. The van der Waals surface area contributed by atoms with Crippen molar-refractivity contribution in [3.05, 3.63) is 0 Å². The van der Waals surface area contributed by atoms with Gasteiger partial charge in [-0.1, -0.05) is 55.5 Å².